The summed E-state index contributed by atoms with van der Waals surface area (Å²) in [7, 11) is 0. The van der Waals surface area contributed by atoms with Crippen molar-refractivity contribution in [2.24, 2.45) is 5.92 Å². The second-order valence-electron chi connectivity index (χ2n) is 5.90. The minimum atomic E-state index is -0.298. The van der Waals surface area contributed by atoms with Crippen LogP contribution in [0.2, 0.25) is 0 Å². The molecule has 0 unspecified atom stereocenters. The summed E-state index contributed by atoms with van der Waals surface area (Å²) < 4.78 is 4.95. The second-order valence-corrected chi connectivity index (χ2v) is 5.90. The summed E-state index contributed by atoms with van der Waals surface area (Å²) >= 11 is 0. The van der Waals surface area contributed by atoms with Gasteiger partial charge in [-0.05, 0) is 25.7 Å². The average molecular weight is 313 g/mol. The minimum absolute atomic E-state index is 0.00362. The van der Waals surface area contributed by atoms with Crippen molar-refractivity contribution >= 4 is 17.9 Å². The molecule has 0 saturated carbocycles. The predicted molar refractivity (Wildman–Crippen MR) is 82.2 cm³/mol. The quantitative estimate of drug-likeness (QED) is 0.762. The molecular formula is C15H27N3O4. The van der Waals surface area contributed by atoms with Crippen LogP contribution in [0, 0.1) is 5.92 Å². The average Bonchev–Trinajstić information content (AvgIpc) is 2.45. The van der Waals surface area contributed by atoms with Crippen LogP contribution in [-0.4, -0.2) is 55.1 Å². The molecular weight excluding hydrogens is 286 g/mol. The molecule has 126 valence electrons. The van der Waals surface area contributed by atoms with Gasteiger partial charge >= 0.3 is 6.09 Å². The fraction of sp³-hybridized carbons (Fsp3) is 0.800. The lowest BCUT2D eigenvalue weighted by atomic mass is 10.1. The van der Waals surface area contributed by atoms with Gasteiger partial charge in [-0.1, -0.05) is 13.8 Å². The zero-order chi connectivity index (χ0) is 16.5. The Hall–Kier alpha value is -1.79. The van der Waals surface area contributed by atoms with Gasteiger partial charge in [-0.2, -0.15) is 0 Å². The van der Waals surface area contributed by atoms with Gasteiger partial charge in [0.05, 0.1) is 13.2 Å². The Morgan fingerprint density at radius 3 is 2.36 bits per heavy atom. The number of nitrogens with one attached hydrogen (secondary N) is 2. The monoisotopic (exact) mass is 313 g/mol. The maximum Gasteiger partial charge on any atom is 0.409 e. The largest absolute Gasteiger partial charge is 0.450 e. The fourth-order valence-corrected chi connectivity index (χ4v) is 2.32. The predicted octanol–water partition coefficient (Wildman–Crippen LogP) is 0.886. The van der Waals surface area contributed by atoms with Crippen LogP contribution in [0.25, 0.3) is 0 Å². The lowest BCUT2D eigenvalue weighted by Gasteiger charge is -2.31. The van der Waals surface area contributed by atoms with Crippen LogP contribution in [0.1, 0.15) is 40.0 Å². The summed E-state index contributed by atoms with van der Waals surface area (Å²) in [6.07, 6.45) is 1.52. The maximum atomic E-state index is 11.8. The van der Waals surface area contributed by atoms with Gasteiger partial charge in [0.15, 0.2) is 0 Å². The number of carbonyl (C=O) groups is 3. The standard InChI is InChI=1S/C15H27N3O4/c1-4-22-15(21)18-7-5-12(6-8-18)17-14(20)10-16-13(19)9-11(2)3/h11-12H,4-10H2,1-3H3,(H,16,19)(H,17,20). The first-order chi connectivity index (χ1) is 10.4. The highest BCUT2D eigenvalue weighted by molar-refractivity contribution is 5.84. The van der Waals surface area contributed by atoms with E-state index in [1.807, 2.05) is 13.8 Å². The van der Waals surface area contributed by atoms with Gasteiger partial charge in [0.1, 0.15) is 0 Å². The highest BCUT2D eigenvalue weighted by Crippen LogP contribution is 2.11. The van der Waals surface area contributed by atoms with Crippen LogP contribution in [0.3, 0.4) is 0 Å². The van der Waals surface area contributed by atoms with Crippen molar-refractivity contribution in [3.8, 4) is 0 Å². The highest BCUT2D eigenvalue weighted by atomic mass is 16.6. The topological polar surface area (TPSA) is 87.7 Å². The van der Waals surface area contributed by atoms with Crippen LogP contribution in [0.4, 0.5) is 4.79 Å². The molecule has 2 N–H and O–H groups in total. The Bertz CT molecular complexity index is 390. The van der Waals surface area contributed by atoms with Crippen LogP contribution < -0.4 is 10.6 Å². The minimum Gasteiger partial charge on any atom is -0.450 e. The molecule has 22 heavy (non-hydrogen) atoms. The lowest BCUT2D eigenvalue weighted by Crippen LogP contribution is -2.48. The van der Waals surface area contributed by atoms with Crippen molar-refractivity contribution in [2.45, 2.75) is 46.1 Å². The van der Waals surface area contributed by atoms with E-state index in [1.54, 1.807) is 11.8 Å². The third-order valence-corrected chi connectivity index (χ3v) is 3.43. The summed E-state index contributed by atoms with van der Waals surface area (Å²) in [6, 6.07) is 0.0418. The van der Waals surface area contributed by atoms with E-state index in [0.717, 1.165) is 0 Å². The third kappa shape index (κ3) is 6.78. The molecule has 0 atom stereocenters. The summed E-state index contributed by atoms with van der Waals surface area (Å²) in [5, 5.41) is 5.50. The van der Waals surface area contributed by atoms with Crippen LogP contribution in [0.15, 0.2) is 0 Å². The van der Waals surface area contributed by atoms with Gasteiger partial charge < -0.3 is 20.3 Å². The second kappa shape index (κ2) is 9.27. The van der Waals surface area contributed by atoms with E-state index >= 15 is 0 Å². The number of hydrogen-bond acceptors (Lipinski definition) is 4. The first-order valence-electron chi connectivity index (χ1n) is 7.90. The molecule has 7 nitrogen and oxygen atoms in total. The molecule has 1 heterocycles. The van der Waals surface area contributed by atoms with Crippen molar-refractivity contribution in [3.05, 3.63) is 0 Å². The van der Waals surface area contributed by atoms with E-state index in [1.165, 1.54) is 0 Å². The smallest absolute Gasteiger partial charge is 0.409 e. The van der Waals surface area contributed by atoms with Gasteiger partial charge in [-0.15, -0.1) is 0 Å². The number of amides is 3. The van der Waals surface area contributed by atoms with Gasteiger partial charge in [0.25, 0.3) is 0 Å². The Morgan fingerprint density at radius 2 is 1.82 bits per heavy atom. The van der Waals surface area contributed by atoms with E-state index in [0.29, 0.717) is 39.0 Å². The summed E-state index contributed by atoms with van der Waals surface area (Å²) in [4.78, 5) is 36.5. The molecule has 1 aliphatic heterocycles. The zero-order valence-corrected chi connectivity index (χ0v) is 13.7. The number of nitrogens with zero attached hydrogens (tertiary/aromatic N) is 1. The molecule has 0 spiro atoms. The van der Waals surface area contributed by atoms with Crippen molar-refractivity contribution in [1.82, 2.24) is 15.5 Å². The van der Waals surface area contributed by atoms with Gasteiger partial charge in [0.2, 0.25) is 11.8 Å². The van der Waals surface area contributed by atoms with Crippen LogP contribution in [-0.2, 0) is 14.3 Å². The summed E-state index contributed by atoms with van der Waals surface area (Å²) in [5.41, 5.74) is 0. The van der Waals surface area contributed by atoms with Crippen molar-refractivity contribution in [1.29, 1.82) is 0 Å². The molecule has 3 amide bonds. The number of piperidine rings is 1. The molecule has 1 fully saturated rings. The molecule has 1 rings (SSSR count). The highest BCUT2D eigenvalue weighted by Gasteiger charge is 2.24. The molecule has 7 heteroatoms. The number of likely N-dealkylation sites (tertiary alicyclic amines) is 1. The van der Waals surface area contributed by atoms with Gasteiger partial charge in [0, 0.05) is 25.6 Å². The SMILES string of the molecule is CCOC(=O)N1CCC(NC(=O)CNC(=O)CC(C)C)CC1. The Kier molecular flexibility index (Phi) is 7.70. The Labute approximate surface area is 131 Å². The third-order valence-electron chi connectivity index (χ3n) is 3.43. The summed E-state index contributed by atoms with van der Waals surface area (Å²) in [6.45, 7) is 7.20. The lowest BCUT2D eigenvalue weighted by molar-refractivity contribution is -0.127. The Morgan fingerprint density at radius 1 is 1.18 bits per heavy atom. The number of hydrogen-bond donors (Lipinski definition) is 2. The molecule has 0 aromatic heterocycles. The summed E-state index contributed by atoms with van der Waals surface area (Å²) in [5.74, 6) is -0.0239. The number of rotatable bonds is 6. The van der Waals surface area contributed by atoms with Crippen molar-refractivity contribution < 1.29 is 19.1 Å². The Balaban J connectivity index is 2.22. The first kappa shape index (κ1) is 18.3. The zero-order valence-electron chi connectivity index (χ0n) is 13.7. The molecule has 1 saturated heterocycles. The fourth-order valence-electron chi connectivity index (χ4n) is 2.32. The van der Waals surface area contributed by atoms with Crippen LogP contribution >= 0.6 is 0 Å². The number of carbonyl (C=O) groups excluding carboxylic acids is 3. The maximum absolute atomic E-state index is 11.8. The van der Waals surface area contributed by atoms with Crippen LogP contribution in [0.5, 0.6) is 0 Å². The molecule has 0 aromatic rings. The van der Waals surface area contributed by atoms with Gasteiger partial charge in [-0.25, -0.2) is 4.79 Å². The van der Waals surface area contributed by atoms with E-state index < -0.39 is 0 Å². The molecule has 0 radical (unpaired) electrons. The van der Waals surface area contributed by atoms with E-state index in [4.69, 9.17) is 4.74 Å². The van der Waals surface area contributed by atoms with Crippen molar-refractivity contribution in [2.75, 3.05) is 26.2 Å². The van der Waals surface area contributed by atoms with E-state index in [9.17, 15) is 14.4 Å². The molecule has 0 aromatic carbocycles. The molecule has 1 aliphatic rings. The normalized spacial score (nSPS) is 15.5. The first-order valence-corrected chi connectivity index (χ1v) is 7.90. The number of ether oxygens (including phenoxy) is 1. The van der Waals surface area contributed by atoms with E-state index in [-0.39, 0.29) is 36.4 Å². The van der Waals surface area contributed by atoms with E-state index in [2.05, 4.69) is 10.6 Å². The molecule has 0 bridgehead atoms. The van der Waals surface area contributed by atoms with Crippen molar-refractivity contribution in [3.63, 3.8) is 0 Å². The molecule has 0 aliphatic carbocycles. The van der Waals surface area contributed by atoms with Gasteiger partial charge in [-0.3, -0.25) is 9.59 Å².